The van der Waals surface area contributed by atoms with E-state index in [4.69, 9.17) is 0 Å². The van der Waals surface area contributed by atoms with Crippen LogP contribution in [-0.4, -0.2) is 36.2 Å². The molecule has 2 aromatic rings. The molecule has 1 atom stereocenters. The van der Waals surface area contributed by atoms with E-state index in [0.29, 0.717) is 0 Å². The zero-order chi connectivity index (χ0) is 15.8. The van der Waals surface area contributed by atoms with Crippen molar-refractivity contribution in [2.45, 2.75) is 26.2 Å². The van der Waals surface area contributed by atoms with Crippen LogP contribution in [0.2, 0.25) is 0 Å². The molecule has 2 heteroatoms. The summed E-state index contributed by atoms with van der Waals surface area (Å²) >= 11 is 0. The number of benzene rings is 2. The number of rotatable bonds is 8. The predicted molar refractivity (Wildman–Crippen MR) is 94.1 cm³/mol. The van der Waals surface area contributed by atoms with Crippen LogP contribution in [-0.2, 0) is 0 Å². The molecule has 0 fully saturated rings. The minimum absolute atomic E-state index is 0.214. The monoisotopic (exact) mass is 297 g/mol. The van der Waals surface area contributed by atoms with E-state index in [0.717, 1.165) is 26.1 Å². The lowest BCUT2D eigenvalue weighted by atomic mass is 9.94. The summed E-state index contributed by atoms with van der Waals surface area (Å²) in [5.41, 5.74) is 3.69. The van der Waals surface area contributed by atoms with Gasteiger partial charge in [-0.05, 0) is 42.7 Å². The molecular weight excluding hydrogens is 270 g/mol. The van der Waals surface area contributed by atoms with E-state index < -0.39 is 0 Å². The predicted octanol–water partition coefficient (Wildman–Crippen LogP) is 4.16. The lowest BCUT2D eigenvalue weighted by Gasteiger charge is -2.22. The molecule has 2 aromatic carbocycles. The van der Waals surface area contributed by atoms with Crippen LogP contribution in [0.5, 0.6) is 0 Å². The molecule has 1 unspecified atom stereocenters. The second-order valence-electron chi connectivity index (χ2n) is 5.68. The summed E-state index contributed by atoms with van der Waals surface area (Å²) in [5, 5.41) is 9.71. The van der Waals surface area contributed by atoms with E-state index in [1.54, 1.807) is 0 Å². The van der Waals surface area contributed by atoms with E-state index in [2.05, 4.69) is 67.3 Å². The van der Waals surface area contributed by atoms with Crippen LogP contribution < -0.4 is 0 Å². The quantitative estimate of drug-likeness (QED) is 0.791. The van der Waals surface area contributed by atoms with Crippen LogP contribution in [0.1, 0.15) is 31.7 Å². The van der Waals surface area contributed by atoms with Gasteiger partial charge in [0, 0.05) is 12.5 Å². The second kappa shape index (κ2) is 8.72. The van der Waals surface area contributed by atoms with Crippen molar-refractivity contribution in [2.75, 3.05) is 26.2 Å². The summed E-state index contributed by atoms with van der Waals surface area (Å²) < 4.78 is 0. The van der Waals surface area contributed by atoms with Gasteiger partial charge in [0.15, 0.2) is 0 Å². The van der Waals surface area contributed by atoms with Crippen molar-refractivity contribution >= 4 is 0 Å². The van der Waals surface area contributed by atoms with Gasteiger partial charge in [-0.15, -0.1) is 0 Å². The van der Waals surface area contributed by atoms with Gasteiger partial charge < -0.3 is 10.0 Å². The van der Waals surface area contributed by atoms with Gasteiger partial charge in [-0.3, -0.25) is 0 Å². The normalized spacial score (nSPS) is 12.5. The zero-order valence-corrected chi connectivity index (χ0v) is 13.7. The molecule has 0 aliphatic carbocycles. The largest absolute Gasteiger partial charge is 0.396 e. The van der Waals surface area contributed by atoms with Gasteiger partial charge in [0.1, 0.15) is 0 Å². The van der Waals surface area contributed by atoms with Gasteiger partial charge >= 0.3 is 0 Å². The van der Waals surface area contributed by atoms with Crippen molar-refractivity contribution in [2.24, 2.45) is 0 Å². The summed E-state index contributed by atoms with van der Waals surface area (Å²) in [6.07, 6.45) is 1.00. The van der Waals surface area contributed by atoms with E-state index in [1.807, 2.05) is 6.07 Å². The highest BCUT2D eigenvalue weighted by atomic mass is 16.3. The molecule has 2 nitrogen and oxygen atoms in total. The van der Waals surface area contributed by atoms with Crippen LogP contribution in [0.15, 0.2) is 54.6 Å². The Labute approximate surface area is 134 Å². The van der Waals surface area contributed by atoms with Gasteiger partial charge in [0.2, 0.25) is 0 Å². The Bertz CT molecular complexity index is 531. The number of hydrogen-bond donors (Lipinski definition) is 1. The maximum absolute atomic E-state index is 9.71. The Morgan fingerprint density at radius 1 is 0.864 bits per heavy atom. The fourth-order valence-corrected chi connectivity index (χ4v) is 2.82. The summed E-state index contributed by atoms with van der Waals surface area (Å²) in [7, 11) is 0. The number of hydrogen-bond acceptors (Lipinski definition) is 2. The lowest BCUT2D eigenvalue weighted by Crippen LogP contribution is -2.25. The van der Waals surface area contributed by atoms with Gasteiger partial charge in [-0.1, -0.05) is 68.4 Å². The van der Waals surface area contributed by atoms with Crippen molar-refractivity contribution in [3.63, 3.8) is 0 Å². The second-order valence-corrected chi connectivity index (χ2v) is 5.68. The molecular formula is C20H27NO. The average molecular weight is 297 g/mol. The lowest BCUT2D eigenvalue weighted by molar-refractivity contribution is 0.231. The number of aliphatic hydroxyl groups excluding tert-OH is 1. The molecule has 0 spiro atoms. The van der Waals surface area contributed by atoms with Crippen LogP contribution >= 0.6 is 0 Å². The summed E-state index contributed by atoms with van der Waals surface area (Å²) in [5.74, 6) is 0.227. The standard InChI is InChI=1S/C20H27NO/c1-3-21(4-2)15-14-20(16-22)19-12-10-18(11-13-19)17-8-6-5-7-9-17/h5-13,20,22H,3-4,14-16H2,1-2H3. The van der Waals surface area contributed by atoms with Crippen molar-refractivity contribution in [1.82, 2.24) is 4.90 Å². The van der Waals surface area contributed by atoms with Crippen LogP contribution in [0.25, 0.3) is 11.1 Å². The molecule has 2 rings (SSSR count). The maximum Gasteiger partial charge on any atom is 0.0500 e. The van der Waals surface area contributed by atoms with Crippen molar-refractivity contribution in [3.8, 4) is 11.1 Å². The summed E-state index contributed by atoms with van der Waals surface area (Å²) in [6.45, 7) is 7.77. The molecule has 0 heterocycles. The fraction of sp³-hybridized carbons (Fsp3) is 0.400. The first-order valence-corrected chi connectivity index (χ1v) is 8.27. The van der Waals surface area contributed by atoms with Gasteiger partial charge in [0.05, 0.1) is 0 Å². The van der Waals surface area contributed by atoms with Gasteiger partial charge in [-0.25, -0.2) is 0 Å². The van der Waals surface area contributed by atoms with Crippen LogP contribution in [0.3, 0.4) is 0 Å². The first-order valence-electron chi connectivity index (χ1n) is 8.27. The molecule has 0 saturated heterocycles. The third-order valence-electron chi connectivity index (χ3n) is 4.40. The molecule has 0 bridgehead atoms. The molecule has 0 saturated carbocycles. The Morgan fingerprint density at radius 3 is 2.00 bits per heavy atom. The first kappa shape index (κ1) is 16.7. The van der Waals surface area contributed by atoms with E-state index >= 15 is 0 Å². The summed E-state index contributed by atoms with van der Waals surface area (Å²) in [4.78, 5) is 2.40. The molecule has 0 radical (unpaired) electrons. The number of nitrogens with zero attached hydrogens (tertiary/aromatic N) is 1. The molecule has 1 N–H and O–H groups in total. The zero-order valence-electron chi connectivity index (χ0n) is 13.7. The maximum atomic E-state index is 9.71. The highest BCUT2D eigenvalue weighted by molar-refractivity contribution is 5.63. The fourth-order valence-electron chi connectivity index (χ4n) is 2.82. The Hall–Kier alpha value is -1.64. The van der Waals surface area contributed by atoms with Crippen molar-refractivity contribution in [3.05, 3.63) is 60.2 Å². The SMILES string of the molecule is CCN(CC)CCC(CO)c1ccc(-c2ccccc2)cc1. The van der Waals surface area contributed by atoms with Crippen molar-refractivity contribution in [1.29, 1.82) is 0 Å². The molecule has 0 aliphatic rings. The van der Waals surface area contributed by atoms with Gasteiger partial charge in [-0.2, -0.15) is 0 Å². The minimum atomic E-state index is 0.214. The highest BCUT2D eigenvalue weighted by Gasteiger charge is 2.12. The van der Waals surface area contributed by atoms with Gasteiger partial charge in [0.25, 0.3) is 0 Å². The van der Waals surface area contributed by atoms with E-state index in [-0.39, 0.29) is 12.5 Å². The third kappa shape index (κ3) is 4.43. The third-order valence-corrected chi connectivity index (χ3v) is 4.40. The average Bonchev–Trinajstić information content (AvgIpc) is 2.60. The Kier molecular flexibility index (Phi) is 6.63. The molecule has 0 aliphatic heterocycles. The molecule has 118 valence electrons. The molecule has 22 heavy (non-hydrogen) atoms. The van der Waals surface area contributed by atoms with Crippen molar-refractivity contribution < 1.29 is 5.11 Å². The number of aliphatic hydroxyl groups is 1. The highest BCUT2D eigenvalue weighted by Crippen LogP contribution is 2.24. The smallest absolute Gasteiger partial charge is 0.0500 e. The van der Waals surface area contributed by atoms with E-state index in [1.165, 1.54) is 16.7 Å². The Morgan fingerprint density at radius 2 is 1.45 bits per heavy atom. The Balaban J connectivity index is 2.04. The van der Waals surface area contributed by atoms with Crippen LogP contribution in [0.4, 0.5) is 0 Å². The minimum Gasteiger partial charge on any atom is -0.396 e. The topological polar surface area (TPSA) is 23.5 Å². The molecule has 0 amide bonds. The van der Waals surface area contributed by atoms with Crippen LogP contribution in [0, 0.1) is 0 Å². The molecule has 0 aromatic heterocycles. The van der Waals surface area contributed by atoms with E-state index in [9.17, 15) is 5.11 Å². The first-order chi connectivity index (χ1) is 10.8. The summed E-state index contributed by atoms with van der Waals surface area (Å²) in [6, 6.07) is 19.0.